The highest BCUT2D eigenvalue weighted by molar-refractivity contribution is 7.93. The van der Waals surface area contributed by atoms with E-state index in [9.17, 15) is 9.00 Å². The molecule has 1 unspecified atom stereocenters. The monoisotopic (exact) mass is 457 g/mol. The van der Waals surface area contributed by atoms with Crippen molar-refractivity contribution in [2.45, 2.75) is 24.7 Å². The zero-order chi connectivity index (χ0) is 23.1. The number of ether oxygens (including phenoxy) is 2. The first-order chi connectivity index (χ1) is 15.4. The Hall–Kier alpha value is -3.53. The van der Waals surface area contributed by atoms with Crippen LogP contribution in [-0.2, 0) is 21.7 Å². The van der Waals surface area contributed by atoms with Gasteiger partial charge in [-0.15, -0.1) is 0 Å². The standard InChI is InChI=1S/C22H27N5O4S/c1-4-5-11-24-18-14-16(21(28)30-3)15-19(20(18)31-17-9-7-6-8-10-17)32(23,29)26-22-25-12-13-27(22)2/h6-10,12-15,24H,4-5,11H2,1-3H3,(H2,23,25,26,29). The lowest BCUT2D eigenvalue weighted by molar-refractivity contribution is 0.0600. The van der Waals surface area contributed by atoms with Crippen LogP contribution in [0, 0.1) is 4.78 Å². The van der Waals surface area contributed by atoms with Crippen molar-refractivity contribution in [1.29, 1.82) is 4.78 Å². The molecule has 1 aromatic heterocycles. The molecule has 0 fully saturated rings. The Morgan fingerprint density at radius 1 is 1.25 bits per heavy atom. The number of aromatic nitrogens is 2. The van der Waals surface area contributed by atoms with Crippen LogP contribution in [0.15, 0.2) is 59.8 Å². The highest BCUT2D eigenvalue weighted by Gasteiger charge is 2.25. The van der Waals surface area contributed by atoms with E-state index >= 15 is 0 Å². The quantitative estimate of drug-likeness (QED) is 0.301. The summed E-state index contributed by atoms with van der Waals surface area (Å²) >= 11 is 0. The van der Waals surface area contributed by atoms with Gasteiger partial charge >= 0.3 is 5.97 Å². The van der Waals surface area contributed by atoms with Gasteiger partial charge in [0, 0.05) is 26.0 Å². The molecular formula is C22H27N5O4S. The van der Waals surface area contributed by atoms with Crippen LogP contribution in [0.4, 0.5) is 11.6 Å². The average molecular weight is 458 g/mol. The lowest BCUT2D eigenvalue weighted by Crippen LogP contribution is -2.17. The van der Waals surface area contributed by atoms with E-state index in [2.05, 4.69) is 21.9 Å². The summed E-state index contributed by atoms with van der Waals surface area (Å²) in [6.45, 7) is 2.67. The minimum atomic E-state index is -3.68. The molecule has 0 bridgehead atoms. The molecule has 32 heavy (non-hydrogen) atoms. The Morgan fingerprint density at radius 2 is 2.00 bits per heavy atom. The zero-order valence-electron chi connectivity index (χ0n) is 18.3. The van der Waals surface area contributed by atoms with Crippen LogP contribution in [0.2, 0.25) is 0 Å². The number of hydrogen-bond donors (Lipinski definition) is 3. The Labute approximate surface area is 187 Å². The van der Waals surface area contributed by atoms with Gasteiger partial charge in [0.25, 0.3) is 0 Å². The molecule has 0 saturated heterocycles. The number of nitrogens with one attached hydrogen (secondary N) is 3. The molecule has 0 saturated carbocycles. The van der Waals surface area contributed by atoms with Gasteiger partial charge < -0.3 is 19.4 Å². The summed E-state index contributed by atoms with van der Waals surface area (Å²) in [6, 6.07) is 11.9. The van der Waals surface area contributed by atoms with E-state index in [1.54, 1.807) is 36.0 Å². The van der Waals surface area contributed by atoms with Crippen molar-refractivity contribution < 1.29 is 18.5 Å². The predicted molar refractivity (Wildman–Crippen MR) is 124 cm³/mol. The molecule has 0 aliphatic heterocycles. The van der Waals surface area contributed by atoms with Gasteiger partial charge in [-0.3, -0.25) is 4.72 Å². The average Bonchev–Trinajstić information content (AvgIpc) is 3.18. The second-order valence-electron chi connectivity index (χ2n) is 7.06. The summed E-state index contributed by atoms with van der Waals surface area (Å²) in [5.41, 5.74) is 0.602. The lowest BCUT2D eigenvalue weighted by Gasteiger charge is -2.20. The van der Waals surface area contributed by atoms with Gasteiger partial charge in [0.1, 0.15) is 10.6 Å². The summed E-state index contributed by atoms with van der Waals surface area (Å²) in [5, 5.41) is 3.25. The molecular weight excluding hydrogens is 430 g/mol. The molecule has 0 spiro atoms. The number of imidazole rings is 1. The zero-order valence-corrected chi connectivity index (χ0v) is 19.1. The number of nitrogens with zero attached hydrogens (tertiary/aromatic N) is 2. The van der Waals surface area contributed by atoms with Crippen LogP contribution >= 0.6 is 0 Å². The summed E-state index contributed by atoms with van der Waals surface area (Å²) in [5.74, 6) is 0.342. The molecule has 9 nitrogen and oxygen atoms in total. The molecule has 3 aromatic rings. The van der Waals surface area contributed by atoms with E-state index in [0.717, 1.165) is 12.8 Å². The number of hydrogen-bond acceptors (Lipinski definition) is 7. The minimum absolute atomic E-state index is 0.00579. The Kier molecular flexibility index (Phi) is 7.37. The number of esters is 1. The van der Waals surface area contributed by atoms with E-state index in [4.69, 9.17) is 14.3 Å². The molecule has 1 atom stereocenters. The highest BCUT2D eigenvalue weighted by Crippen LogP contribution is 2.38. The number of anilines is 2. The molecule has 3 rings (SSSR count). The van der Waals surface area contributed by atoms with Crippen molar-refractivity contribution >= 4 is 27.5 Å². The Bertz CT molecular complexity index is 1180. The first-order valence-corrected chi connectivity index (χ1v) is 11.7. The maximum atomic E-state index is 13.6. The van der Waals surface area contributed by atoms with E-state index in [-0.39, 0.29) is 22.2 Å². The topological polar surface area (TPSA) is 118 Å². The number of methoxy groups -OCH3 is 1. The van der Waals surface area contributed by atoms with Crippen molar-refractivity contribution in [2.24, 2.45) is 7.05 Å². The number of rotatable bonds is 10. The maximum absolute atomic E-state index is 13.6. The summed E-state index contributed by atoms with van der Waals surface area (Å²) < 4.78 is 37.5. The maximum Gasteiger partial charge on any atom is 0.337 e. The van der Waals surface area contributed by atoms with Gasteiger partial charge in [-0.25, -0.2) is 18.8 Å². The molecule has 0 aliphatic carbocycles. The summed E-state index contributed by atoms with van der Waals surface area (Å²) in [4.78, 5) is 16.4. The summed E-state index contributed by atoms with van der Waals surface area (Å²) in [7, 11) is -0.694. The normalized spacial score (nSPS) is 12.6. The third kappa shape index (κ3) is 5.38. The van der Waals surface area contributed by atoms with Crippen molar-refractivity contribution in [1.82, 2.24) is 9.55 Å². The third-order valence-corrected chi connectivity index (χ3v) is 6.04. The van der Waals surface area contributed by atoms with E-state index in [1.807, 2.05) is 18.2 Å². The van der Waals surface area contributed by atoms with E-state index < -0.39 is 15.9 Å². The van der Waals surface area contributed by atoms with Gasteiger partial charge in [0.2, 0.25) is 5.95 Å². The summed E-state index contributed by atoms with van der Waals surface area (Å²) in [6.07, 6.45) is 5.04. The highest BCUT2D eigenvalue weighted by atomic mass is 32.2. The van der Waals surface area contributed by atoms with Crippen LogP contribution in [-0.4, -0.2) is 33.4 Å². The fourth-order valence-corrected chi connectivity index (χ4v) is 4.21. The molecule has 1 heterocycles. The molecule has 170 valence electrons. The lowest BCUT2D eigenvalue weighted by atomic mass is 10.1. The largest absolute Gasteiger partial charge is 0.465 e. The van der Waals surface area contributed by atoms with Gasteiger partial charge in [-0.2, -0.15) is 0 Å². The number of carbonyl (C=O) groups excluding carboxylic acids is 1. The number of unbranched alkanes of at least 4 members (excludes halogenated alkanes) is 1. The Morgan fingerprint density at radius 3 is 2.62 bits per heavy atom. The van der Waals surface area contributed by atoms with Gasteiger partial charge in [0.05, 0.1) is 18.4 Å². The van der Waals surface area contributed by atoms with Gasteiger partial charge in [-0.1, -0.05) is 31.5 Å². The first kappa shape index (κ1) is 23.1. The molecule has 0 amide bonds. The first-order valence-electron chi connectivity index (χ1n) is 10.1. The minimum Gasteiger partial charge on any atom is -0.465 e. The van der Waals surface area contributed by atoms with Crippen LogP contribution in [0.25, 0.3) is 0 Å². The van der Waals surface area contributed by atoms with Crippen LogP contribution in [0.1, 0.15) is 30.1 Å². The van der Waals surface area contributed by atoms with Gasteiger partial charge in [0.15, 0.2) is 15.7 Å². The van der Waals surface area contributed by atoms with Crippen molar-refractivity contribution in [3.05, 3.63) is 60.4 Å². The van der Waals surface area contributed by atoms with Crippen LogP contribution in [0.3, 0.4) is 0 Å². The SMILES string of the molecule is CCCCNc1cc(C(=O)OC)cc(S(=N)(=O)Nc2nccn2C)c1Oc1ccccc1. The molecule has 0 aliphatic rings. The third-order valence-electron chi connectivity index (χ3n) is 4.65. The number of para-hydroxylation sites is 1. The molecule has 3 N–H and O–H groups in total. The number of carbonyl (C=O) groups is 1. The predicted octanol–water partition coefficient (Wildman–Crippen LogP) is 4.64. The van der Waals surface area contributed by atoms with Crippen molar-refractivity contribution in [3.8, 4) is 11.5 Å². The number of benzene rings is 2. The van der Waals surface area contributed by atoms with Crippen LogP contribution in [0.5, 0.6) is 11.5 Å². The van der Waals surface area contributed by atoms with Crippen molar-refractivity contribution in [2.75, 3.05) is 23.7 Å². The van der Waals surface area contributed by atoms with Crippen LogP contribution < -0.4 is 14.8 Å². The van der Waals surface area contributed by atoms with Gasteiger partial charge in [-0.05, 0) is 30.7 Å². The fourth-order valence-electron chi connectivity index (χ4n) is 2.94. The molecule has 0 radical (unpaired) electrons. The molecule has 10 heteroatoms. The van der Waals surface area contributed by atoms with E-state index in [0.29, 0.717) is 18.0 Å². The van der Waals surface area contributed by atoms with E-state index in [1.165, 1.54) is 19.4 Å². The number of aryl methyl sites for hydroxylation is 1. The smallest absolute Gasteiger partial charge is 0.337 e. The second kappa shape index (κ2) is 10.2. The molecule has 2 aromatic carbocycles. The van der Waals surface area contributed by atoms with Crippen molar-refractivity contribution in [3.63, 3.8) is 0 Å². The Balaban J connectivity index is 2.17. The fraction of sp³-hybridized carbons (Fsp3) is 0.273. The second-order valence-corrected chi connectivity index (χ2v) is 8.81.